The van der Waals surface area contributed by atoms with Crippen molar-refractivity contribution in [2.24, 2.45) is 11.3 Å². The van der Waals surface area contributed by atoms with Gasteiger partial charge in [0.1, 0.15) is 0 Å². The monoisotopic (exact) mass is 294 g/mol. The lowest BCUT2D eigenvalue weighted by atomic mass is 9.84. The van der Waals surface area contributed by atoms with E-state index in [1.807, 2.05) is 0 Å². The zero-order valence-electron chi connectivity index (χ0n) is 14.8. The Labute approximate surface area is 133 Å². The largest absolute Gasteiger partial charge is 0.316 e. The van der Waals surface area contributed by atoms with Crippen LogP contribution in [0.1, 0.15) is 78.6 Å². The Morgan fingerprint density at radius 3 is 2.33 bits per heavy atom. The van der Waals surface area contributed by atoms with Gasteiger partial charge in [-0.25, -0.2) is 0 Å². The molecule has 0 unspecified atom stereocenters. The average Bonchev–Trinajstić information content (AvgIpc) is 3.09. The van der Waals surface area contributed by atoms with Crippen LogP contribution in [0.4, 0.5) is 0 Å². The van der Waals surface area contributed by atoms with E-state index in [9.17, 15) is 0 Å². The number of rotatable bonds is 9. The maximum Gasteiger partial charge on any atom is 0.00956 e. The lowest BCUT2D eigenvalue weighted by Crippen LogP contribution is -2.47. The fourth-order valence-corrected chi connectivity index (χ4v) is 4.56. The Balaban J connectivity index is 1.96. The van der Waals surface area contributed by atoms with E-state index in [-0.39, 0.29) is 0 Å². The van der Waals surface area contributed by atoms with Gasteiger partial charge in [-0.05, 0) is 50.0 Å². The predicted molar refractivity (Wildman–Crippen MR) is 92.7 cm³/mol. The molecule has 0 aromatic heterocycles. The predicted octanol–water partition coefficient (Wildman–Crippen LogP) is 4.45. The van der Waals surface area contributed by atoms with Gasteiger partial charge in [-0.15, -0.1) is 0 Å². The van der Waals surface area contributed by atoms with E-state index in [4.69, 9.17) is 0 Å². The molecule has 2 saturated carbocycles. The quantitative estimate of drug-likeness (QED) is 0.632. The van der Waals surface area contributed by atoms with Gasteiger partial charge in [0.05, 0.1) is 0 Å². The van der Waals surface area contributed by atoms with Crippen LogP contribution < -0.4 is 5.32 Å². The van der Waals surface area contributed by atoms with Gasteiger partial charge < -0.3 is 5.32 Å². The molecule has 0 saturated heterocycles. The van der Waals surface area contributed by atoms with E-state index in [1.165, 1.54) is 84.0 Å². The summed E-state index contributed by atoms with van der Waals surface area (Å²) in [6.45, 7) is 12.2. The van der Waals surface area contributed by atoms with Crippen molar-refractivity contribution in [2.75, 3.05) is 26.2 Å². The molecule has 0 spiro atoms. The second kappa shape index (κ2) is 8.53. The minimum absolute atomic E-state index is 0.576. The van der Waals surface area contributed by atoms with Gasteiger partial charge in [-0.3, -0.25) is 4.90 Å². The Kier molecular flexibility index (Phi) is 7.01. The Hall–Kier alpha value is -0.0800. The maximum atomic E-state index is 3.74. The molecular weight excluding hydrogens is 256 g/mol. The van der Waals surface area contributed by atoms with Crippen LogP contribution in [0.25, 0.3) is 0 Å². The molecule has 0 aliphatic heterocycles. The molecule has 1 N–H and O–H groups in total. The SMILES string of the molecule is CCCNCC1(CN(CC(C)C)C2CCCC2)CCCC1. The van der Waals surface area contributed by atoms with Crippen LogP contribution in [0.2, 0.25) is 0 Å². The minimum atomic E-state index is 0.576. The van der Waals surface area contributed by atoms with Gasteiger partial charge in [0.2, 0.25) is 0 Å². The zero-order valence-corrected chi connectivity index (χ0v) is 14.8. The van der Waals surface area contributed by atoms with Crippen LogP contribution in [-0.2, 0) is 0 Å². The molecule has 2 heteroatoms. The second-order valence-corrected chi connectivity index (χ2v) is 8.15. The third kappa shape index (κ3) is 5.25. The maximum absolute atomic E-state index is 3.74. The van der Waals surface area contributed by atoms with E-state index in [0.29, 0.717) is 5.41 Å². The fourth-order valence-electron chi connectivity index (χ4n) is 4.56. The van der Waals surface area contributed by atoms with Crippen LogP contribution >= 0.6 is 0 Å². The molecule has 0 amide bonds. The molecule has 2 nitrogen and oxygen atoms in total. The smallest absolute Gasteiger partial charge is 0.00956 e. The van der Waals surface area contributed by atoms with E-state index < -0.39 is 0 Å². The molecule has 2 aliphatic rings. The molecule has 0 radical (unpaired) electrons. The van der Waals surface area contributed by atoms with E-state index in [1.54, 1.807) is 0 Å². The zero-order chi connectivity index (χ0) is 15.1. The summed E-state index contributed by atoms with van der Waals surface area (Å²) in [5.74, 6) is 0.799. The molecule has 0 heterocycles. The van der Waals surface area contributed by atoms with Crippen LogP contribution in [0, 0.1) is 11.3 Å². The van der Waals surface area contributed by atoms with Crippen molar-refractivity contribution in [3.05, 3.63) is 0 Å². The summed E-state index contributed by atoms with van der Waals surface area (Å²) in [5.41, 5.74) is 0.576. The summed E-state index contributed by atoms with van der Waals surface area (Å²) in [7, 11) is 0. The van der Waals surface area contributed by atoms with Crippen molar-refractivity contribution in [3.63, 3.8) is 0 Å². The highest BCUT2D eigenvalue weighted by Crippen LogP contribution is 2.40. The normalized spacial score (nSPS) is 22.7. The van der Waals surface area contributed by atoms with E-state index in [0.717, 1.165) is 12.0 Å². The van der Waals surface area contributed by atoms with Gasteiger partial charge in [-0.1, -0.05) is 46.5 Å². The molecule has 0 aromatic carbocycles. The van der Waals surface area contributed by atoms with Crippen molar-refractivity contribution in [1.29, 1.82) is 0 Å². The first-order valence-electron chi connectivity index (χ1n) is 9.60. The highest BCUT2D eigenvalue weighted by atomic mass is 15.2. The van der Waals surface area contributed by atoms with Gasteiger partial charge in [-0.2, -0.15) is 0 Å². The van der Waals surface area contributed by atoms with Crippen molar-refractivity contribution >= 4 is 0 Å². The Morgan fingerprint density at radius 1 is 1.10 bits per heavy atom. The highest BCUT2D eigenvalue weighted by molar-refractivity contribution is 4.92. The second-order valence-electron chi connectivity index (χ2n) is 8.15. The van der Waals surface area contributed by atoms with Crippen molar-refractivity contribution in [1.82, 2.24) is 10.2 Å². The Morgan fingerprint density at radius 2 is 1.76 bits per heavy atom. The first kappa shape index (κ1) is 17.3. The third-order valence-electron chi connectivity index (χ3n) is 5.57. The summed E-state index contributed by atoms with van der Waals surface area (Å²) in [6.07, 6.45) is 12.9. The minimum Gasteiger partial charge on any atom is -0.316 e. The number of nitrogens with one attached hydrogen (secondary N) is 1. The number of hydrogen-bond acceptors (Lipinski definition) is 2. The van der Waals surface area contributed by atoms with E-state index >= 15 is 0 Å². The van der Waals surface area contributed by atoms with Crippen molar-refractivity contribution < 1.29 is 0 Å². The summed E-state index contributed by atoms with van der Waals surface area (Å²) in [5, 5.41) is 3.74. The summed E-state index contributed by atoms with van der Waals surface area (Å²) in [4.78, 5) is 2.89. The first-order valence-corrected chi connectivity index (χ1v) is 9.60. The average molecular weight is 295 g/mol. The van der Waals surface area contributed by atoms with E-state index in [2.05, 4.69) is 31.0 Å². The number of nitrogens with zero attached hydrogens (tertiary/aromatic N) is 1. The topological polar surface area (TPSA) is 15.3 Å². The van der Waals surface area contributed by atoms with Crippen LogP contribution in [0.15, 0.2) is 0 Å². The molecular formula is C19H38N2. The molecule has 124 valence electrons. The first-order chi connectivity index (χ1) is 10.2. The Bertz CT molecular complexity index is 275. The van der Waals surface area contributed by atoms with Gasteiger partial charge in [0.25, 0.3) is 0 Å². The molecule has 2 rings (SSSR count). The lowest BCUT2D eigenvalue weighted by Gasteiger charge is -2.39. The molecule has 2 fully saturated rings. The standard InChI is InChI=1S/C19H38N2/c1-4-13-20-15-19(11-7-8-12-19)16-21(14-17(2)3)18-9-5-6-10-18/h17-18,20H,4-16H2,1-3H3. The van der Waals surface area contributed by atoms with Gasteiger partial charge in [0, 0.05) is 25.7 Å². The fraction of sp³-hybridized carbons (Fsp3) is 1.00. The lowest BCUT2D eigenvalue weighted by molar-refractivity contribution is 0.0979. The molecule has 0 atom stereocenters. The third-order valence-corrected chi connectivity index (χ3v) is 5.57. The summed E-state index contributed by atoms with van der Waals surface area (Å²) >= 11 is 0. The van der Waals surface area contributed by atoms with Crippen molar-refractivity contribution in [3.8, 4) is 0 Å². The van der Waals surface area contributed by atoms with Crippen molar-refractivity contribution in [2.45, 2.75) is 84.6 Å². The van der Waals surface area contributed by atoms with Gasteiger partial charge >= 0.3 is 0 Å². The van der Waals surface area contributed by atoms with Crippen LogP contribution in [-0.4, -0.2) is 37.1 Å². The van der Waals surface area contributed by atoms with Crippen LogP contribution in [0.5, 0.6) is 0 Å². The molecule has 21 heavy (non-hydrogen) atoms. The number of hydrogen-bond donors (Lipinski definition) is 1. The molecule has 0 aromatic rings. The van der Waals surface area contributed by atoms with Crippen LogP contribution in [0.3, 0.4) is 0 Å². The summed E-state index contributed by atoms with van der Waals surface area (Å²) in [6, 6.07) is 0.885. The molecule has 0 bridgehead atoms. The molecule has 2 aliphatic carbocycles. The van der Waals surface area contributed by atoms with Gasteiger partial charge in [0.15, 0.2) is 0 Å². The summed E-state index contributed by atoms with van der Waals surface area (Å²) < 4.78 is 0. The highest BCUT2D eigenvalue weighted by Gasteiger charge is 2.37.